The van der Waals surface area contributed by atoms with Crippen molar-refractivity contribution in [1.29, 1.82) is 0 Å². The second-order valence-corrected chi connectivity index (χ2v) is 7.68. The smallest absolute Gasteiger partial charge is 0.159 e. The number of benzene rings is 1. The van der Waals surface area contributed by atoms with Crippen molar-refractivity contribution in [3.05, 3.63) is 96.1 Å². The number of hydrogen-bond donors (Lipinski definition) is 0. The number of fused-ring (bicyclic) bond motifs is 1. The van der Waals surface area contributed by atoms with Crippen molar-refractivity contribution in [3.8, 4) is 22.6 Å². The minimum atomic E-state index is 0.784. The summed E-state index contributed by atoms with van der Waals surface area (Å²) in [6.45, 7) is 4.22. The molecule has 0 amide bonds. The highest BCUT2D eigenvalue weighted by Crippen LogP contribution is 2.24. The third-order valence-electron chi connectivity index (χ3n) is 5.40. The fourth-order valence-electron chi connectivity index (χ4n) is 3.90. The fraction of sp³-hybridized carbons (Fsp3) is 0.160. The Kier molecular flexibility index (Phi) is 4.96. The lowest BCUT2D eigenvalue weighted by atomic mass is 10.0. The number of nitrogens with zero attached hydrogens (tertiary/aromatic N) is 6. The van der Waals surface area contributed by atoms with Gasteiger partial charge in [0.2, 0.25) is 0 Å². The van der Waals surface area contributed by atoms with Crippen molar-refractivity contribution in [2.45, 2.75) is 26.7 Å². The molecule has 0 saturated heterocycles. The van der Waals surface area contributed by atoms with Gasteiger partial charge in [-0.15, -0.1) is 0 Å². The molecule has 4 aromatic heterocycles. The summed E-state index contributed by atoms with van der Waals surface area (Å²) in [6, 6.07) is 10.7. The Morgan fingerprint density at radius 2 is 1.77 bits per heavy atom. The lowest BCUT2D eigenvalue weighted by molar-refractivity contribution is 0.895. The van der Waals surface area contributed by atoms with E-state index in [1.807, 2.05) is 29.2 Å². The Bertz CT molecular complexity index is 1360. The molecule has 0 unspecified atom stereocenters. The molecule has 5 rings (SSSR count). The van der Waals surface area contributed by atoms with E-state index in [2.05, 4.69) is 64.1 Å². The van der Waals surface area contributed by atoms with Crippen LogP contribution in [0.4, 0.5) is 0 Å². The normalized spacial score (nSPS) is 11.2. The zero-order valence-electron chi connectivity index (χ0n) is 17.5. The second-order valence-electron chi connectivity index (χ2n) is 7.68. The third kappa shape index (κ3) is 3.80. The molecule has 6 nitrogen and oxygen atoms in total. The molecule has 0 aliphatic heterocycles. The molecule has 31 heavy (non-hydrogen) atoms. The molecule has 0 N–H and O–H groups in total. The number of pyridine rings is 1. The molecule has 0 aliphatic rings. The van der Waals surface area contributed by atoms with E-state index in [0.717, 1.165) is 46.8 Å². The summed E-state index contributed by atoms with van der Waals surface area (Å²) in [5.41, 5.74) is 9.31. The molecule has 1 aromatic carbocycles. The van der Waals surface area contributed by atoms with Crippen LogP contribution in [0.1, 0.15) is 22.4 Å². The summed E-state index contributed by atoms with van der Waals surface area (Å²) >= 11 is 0. The monoisotopic (exact) mass is 406 g/mol. The highest BCUT2D eigenvalue weighted by molar-refractivity contribution is 5.64. The van der Waals surface area contributed by atoms with Gasteiger partial charge in [0.05, 0.1) is 29.5 Å². The van der Waals surface area contributed by atoms with Gasteiger partial charge in [-0.05, 0) is 43.9 Å². The van der Waals surface area contributed by atoms with E-state index in [4.69, 9.17) is 4.98 Å². The van der Waals surface area contributed by atoms with E-state index in [0.29, 0.717) is 0 Å². The van der Waals surface area contributed by atoms with Crippen molar-refractivity contribution in [1.82, 2.24) is 29.3 Å². The van der Waals surface area contributed by atoms with Gasteiger partial charge in [0.1, 0.15) is 5.69 Å². The fourth-order valence-corrected chi connectivity index (χ4v) is 3.90. The largest absolute Gasteiger partial charge is 0.295 e. The van der Waals surface area contributed by atoms with Gasteiger partial charge < -0.3 is 0 Å². The molecule has 0 saturated carbocycles. The van der Waals surface area contributed by atoms with E-state index in [9.17, 15) is 0 Å². The van der Waals surface area contributed by atoms with Crippen LogP contribution in [0.15, 0.2) is 73.7 Å². The zero-order valence-corrected chi connectivity index (χ0v) is 17.5. The molecule has 4 heterocycles. The van der Waals surface area contributed by atoms with Crippen molar-refractivity contribution in [2.75, 3.05) is 0 Å². The number of aromatic nitrogens is 6. The van der Waals surface area contributed by atoms with Crippen molar-refractivity contribution in [3.63, 3.8) is 0 Å². The molecular weight excluding hydrogens is 384 g/mol. The first-order valence-electron chi connectivity index (χ1n) is 10.3. The summed E-state index contributed by atoms with van der Waals surface area (Å²) in [6.07, 6.45) is 14.3. The van der Waals surface area contributed by atoms with E-state index in [1.165, 1.54) is 16.7 Å². The van der Waals surface area contributed by atoms with Gasteiger partial charge >= 0.3 is 0 Å². The van der Waals surface area contributed by atoms with Crippen LogP contribution >= 0.6 is 0 Å². The molecule has 0 fully saturated rings. The maximum atomic E-state index is 4.75. The summed E-state index contributed by atoms with van der Waals surface area (Å²) in [4.78, 5) is 22.5. The third-order valence-corrected chi connectivity index (χ3v) is 5.40. The van der Waals surface area contributed by atoms with Gasteiger partial charge in [0.25, 0.3) is 0 Å². The number of imidazole rings is 1. The van der Waals surface area contributed by atoms with Gasteiger partial charge in [-0.25, -0.2) is 4.98 Å². The van der Waals surface area contributed by atoms with E-state index < -0.39 is 0 Å². The minimum absolute atomic E-state index is 0.784. The van der Waals surface area contributed by atoms with E-state index >= 15 is 0 Å². The Morgan fingerprint density at radius 3 is 2.58 bits per heavy atom. The molecule has 6 heteroatoms. The first kappa shape index (κ1) is 19.1. The van der Waals surface area contributed by atoms with E-state index in [-0.39, 0.29) is 0 Å². The zero-order chi connectivity index (χ0) is 21.2. The average Bonchev–Trinajstić information content (AvgIpc) is 3.23. The van der Waals surface area contributed by atoms with Crippen LogP contribution in [0.25, 0.3) is 28.3 Å². The predicted octanol–water partition coefficient (Wildman–Crippen LogP) is 4.65. The van der Waals surface area contributed by atoms with Crippen LogP contribution in [-0.4, -0.2) is 29.3 Å². The molecule has 0 aliphatic carbocycles. The number of hydrogen-bond acceptors (Lipinski definition) is 5. The average molecular weight is 406 g/mol. The predicted molar refractivity (Wildman–Crippen MR) is 121 cm³/mol. The molecule has 0 spiro atoms. The highest BCUT2D eigenvalue weighted by atomic mass is 15.0. The first-order valence-corrected chi connectivity index (χ1v) is 10.3. The van der Waals surface area contributed by atoms with Crippen LogP contribution in [0.5, 0.6) is 0 Å². The second kappa shape index (κ2) is 8.07. The van der Waals surface area contributed by atoms with Gasteiger partial charge in [0.15, 0.2) is 5.65 Å². The molecule has 0 atom stereocenters. The van der Waals surface area contributed by atoms with Gasteiger partial charge in [0, 0.05) is 36.5 Å². The summed E-state index contributed by atoms with van der Waals surface area (Å²) in [7, 11) is 0. The molecule has 0 bridgehead atoms. The molecule has 0 radical (unpaired) electrons. The van der Waals surface area contributed by atoms with Crippen LogP contribution < -0.4 is 0 Å². The Morgan fingerprint density at radius 1 is 0.839 bits per heavy atom. The standard InChI is InChI=1S/C25H22N6/c1-17-4-3-5-20(12-17)24-18(2)13-19(14-29-24)6-7-21-25-30-16-23(31(25)11-10-28-21)22-15-26-8-9-27-22/h3-5,8-16H,6-7H2,1-2H3. The number of aryl methyl sites for hydroxylation is 4. The highest BCUT2D eigenvalue weighted by Gasteiger charge is 2.12. The maximum absolute atomic E-state index is 4.75. The maximum Gasteiger partial charge on any atom is 0.159 e. The van der Waals surface area contributed by atoms with Gasteiger partial charge in [-0.2, -0.15) is 0 Å². The van der Waals surface area contributed by atoms with Gasteiger partial charge in [-0.1, -0.05) is 29.8 Å². The van der Waals surface area contributed by atoms with Crippen molar-refractivity contribution in [2.24, 2.45) is 0 Å². The Balaban J connectivity index is 1.39. The lowest BCUT2D eigenvalue weighted by Gasteiger charge is -2.09. The van der Waals surface area contributed by atoms with Crippen LogP contribution in [0.3, 0.4) is 0 Å². The minimum Gasteiger partial charge on any atom is -0.295 e. The Labute approximate surface area is 180 Å². The lowest BCUT2D eigenvalue weighted by Crippen LogP contribution is -2.01. The van der Waals surface area contributed by atoms with E-state index in [1.54, 1.807) is 18.6 Å². The Hall–Kier alpha value is -3.93. The summed E-state index contributed by atoms with van der Waals surface area (Å²) in [5, 5.41) is 0. The van der Waals surface area contributed by atoms with Crippen LogP contribution in [-0.2, 0) is 12.8 Å². The quantitative estimate of drug-likeness (QED) is 0.425. The summed E-state index contributed by atoms with van der Waals surface area (Å²) < 4.78 is 2.02. The van der Waals surface area contributed by atoms with Crippen LogP contribution in [0, 0.1) is 13.8 Å². The number of rotatable bonds is 5. The molecular formula is C25H22N6. The van der Waals surface area contributed by atoms with Crippen molar-refractivity contribution >= 4 is 5.65 Å². The molecule has 152 valence electrons. The van der Waals surface area contributed by atoms with Gasteiger partial charge in [-0.3, -0.25) is 24.3 Å². The molecule has 5 aromatic rings. The van der Waals surface area contributed by atoms with Crippen molar-refractivity contribution < 1.29 is 0 Å². The first-order chi connectivity index (χ1) is 15.2. The topological polar surface area (TPSA) is 68.9 Å². The van der Waals surface area contributed by atoms with Crippen LogP contribution in [0.2, 0.25) is 0 Å². The summed E-state index contributed by atoms with van der Waals surface area (Å²) in [5.74, 6) is 0. The SMILES string of the molecule is Cc1cccc(-c2ncc(CCc3nccn4c(-c5cnccn5)cnc34)cc2C)c1.